The van der Waals surface area contributed by atoms with Gasteiger partial charge in [0.25, 0.3) is 0 Å². The average Bonchev–Trinajstić information content (AvgIpc) is 3.19. The number of carbonyl (C=O) groups is 8. The lowest BCUT2D eigenvalue weighted by molar-refractivity contribution is -0.142. The van der Waals surface area contributed by atoms with E-state index in [1.54, 1.807) is 90.9 Å². The van der Waals surface area contributed by atoms with Crippen molar-refractivity contribution in [3.05, 3.63) is 65.7 Å². The van der Waals surface area contributed by atoms with Crippen molar-refractivity contribution in [2.24, 2.45) is 22.4 Å². The molecule has 2 aromatic rings. The van der Waals surface area contributed by atoms with E-state index in [-0.39, 0.29) is 49.7 Å². The molecule has 0 aliphatic rings. The predicted molar refractivity (Wildman–Crippen MR) is 248 cm³/mol. The first-order valence-electron chi connectivity index (χ1n) is 21.9. The molecule has 0 bridgehead atoms. The second kappa shape index (κ2) is 26.3. The number of amides is 6. The molecule has 21 heteroatoms. The van der Waals surface area contributed by atoms with Crippen molar-refractivity contribution in [2.45, 2.75) is 149 Å². The first-order chi connectivity index (χ1) is 31.1. The largest absolute Gasteiger partial charge is 0.514 e. The molecule has 2 rings (SSSR count). The highest BCUT2D eigenvalue weighted by molar-refractivity contribution is 5.95. The molecule has 0 aromatic heterocycles. The molecule has 21 nitrogen and oxygen atoms in total. The molecule has 0 saturated heterocycles. The number of nitrogens with two attached hydrogens (primary N) is 2. The van der Waals surface area contributed by atoms with E-state index in [2.05, 4.69) is 36.9 Å². The Hall–Kier alpha value is -6.93. The molecule has 6 amide bonds. The quantitative estimate of drug-likeness (QED) is 0.0334. The first-order valence-corrected chi connectivity index (χ1v) is 21.9. The Morgan fingerprint density at radius 2 is 1.15 bits per heavy atom. The van der Waals surface area contributed by atoms with Gasteiger partial charge in [-0.15, -0.1) is 0 Å². The number of aliphatic imine (C=N–C) groups is 1. The molecule has 370 valence electrons. The maximum atomic E-state index is 13.9. The summed E-state index contributed by atoms with van der Waals surface area (Å²) in [7, 11) is 0. The maximum Gasteiger partial charge on any atom is 0.514 e. The van der Waals surface area contributed by atoms with Crippen LogP contribution in [0.15, 0.2) is 59.6 Å². The van der Waals surface area contributed by atoms with Gasteiger partial charge in [0.15, 0.2) is 5.96 Å². The number of hydrogen-bond donors (Lipinski definition) is 9. The summed E-state index contributed by atoms with van der Waals surface area (Å²) in [6.45, 7) is 16.1. The van der Waals surface area contributed by atoms with E-state index in [1.165, 1.54) is 19.1 Å². The Labute approximate surface area is 391 Å². The third-order valence-electron chi connectivity index (χ3n) is 9.27. The minimum Gasteiger partial charge on any atom is -0.480 e. The molecule has 0 saturated carbocycles. The number of rotatable bonds is 23. The number of alkyl carbamates (subject to hydrolysis) is 1. The Balaban J connectivity index is 2.18. The molecular formula is C46H69N9O12. The van der Waals surface area contributed by atoms with Gasteiger partial charge in [-0.3, -0.25) is 29.0 Å². The predicted octanol–water partition coefficient (Wildman–Crippen LogP) is 2.33. The van der Waals surface area contributed by atoms with Crippen molar-refractivity contribution >= 4 is 53.7 Å². The second-order valence-corrected chi connectivity index (χ2v) is 18.4. The lowest BCUT2D eigenvalue weighted by atomic mass is 10.00. The Morgan fingerprint density at radius 1 is 0.627 bits per heavy atom. The molecule has 6 unspecified atom stereocenters. The van der Waals surface area contributed by atoms with Crippen LogP contribution in [-0.2, 0) is 51.1 Å². The van der Waals surface area contributed by atoms with Crippen molar-refractivity contribution < 1.29 is 57.7 Å². The minimum atomic E-state index is -1.31. The van der Waals surface area contributed by atoms with Gasteiger partial charge >= 0.3 is 18.2 Å². The lowest BCUT2D eigenvalue weighted by Gasteiger charge is -2.26. The van der Waals surface area contributed by atoms with Gasteiger partial charge in [0.1, 0.15) is 47.2 Å². The highest BCUT2D eigenvalue weighted by atomic mass is 16.7. The summed E-state index contributed by atoms with van der Waals surface area (Å²) >= 11 is 0. The van der Waals surface area contributed by atoms with Gasteiger partial charge in [-0.2, -0.15) is 0 Å². The van der Waals surface area contributed by atoms with Crippen LogP contribution in [-0.4, -0.2) is 113 Å². The van der Waals surface area contributed by atoms with Gasteiger partial charge in [-0.25, -0.2) is 14.4 Å². The summed E-state index contributed by atoms with van der Waals surface area (Å²) < 4.78 is 15.7. The topological polar surface area (TPSA) is 321 Å². The zero-order valence-corrected chi connectivity index (χ0v) is 40.0. The van der Waals surface area contributed by atoms with E-state index in [9.17, 15) is 43.5 Å². The molecule has 0 radical (unpaired) electrons. The molecule has 0 fully saturated rings. The standard InChI is InChI=1S/C46H69N9O12/c1-26(2)22-33(39(59)53-32(41(61)62)21-16-27(3)50-42(47)48)54-40(60)34(23-29-14-12-11-13-15-29)52-36(56)25-49-37(57)28(4)51-38(58)35(55-43(63)66-45(5,6)7)24-30-17-19-31(20-18-30)65-44(64)67-46(8,9)10/h11-15,17-20,26-28,32-35H,16,21-25H2,1-10H3,(H,49,57)(H,51,58)(H,52,56)(H,53,59)(H,54,60)(H,55,63)(H,61,62)(H4,47,48,50). The molecular weight excluding hydrogens is 871 g/mol. The van der Waals surface area contributed by atoms with Crippen molar-refractivity contribution in [1.82, 2.24) is 31.9 Å². The highest BCUT2D eigenvalue weighted by Crippen LogP contribution is 2.17. The molecule has 0 heterocycles. The molecule has 67 heavy (non-hydrogen) atoms. The molecule has 0 spiro atoms. The van der Waals surface area contributed by atoms with Crippen LogP contribution in [0.25, 0.3) is 0 Å². The summed E-state index contributed by atoms with van der Waals surface area (Å²) in [5.74, 6) is -5.21. The van der Waals surface area contributed by atoms with Gasteiger partial charge in [-0.1, -0.05) is 56.3 Å². The van der Waals surface area contributed by atoms with Crippen molar-refractivity contribution in [3.8, 4) is 5.75 Å². The van der Waals surface area contributed by atoms with Crippen LogP contribution < -0.4 is 48.1 Å². The summed E-state index contributed by atoms with van der Waals surface area (Å²) in [5, 5.41) is 25.1. The number of benzene rings is 2. The van der Waals surface area contributed by atoms with Gasteiger partial charge in [-0.05, 0) is 104 Å². The van der Waals surface area contributed by atoms with Crippen LogP contribution in [0.1, 0.15) is 99.6 Å². The van der Waals surface area contributed by atoms with Gasteiger partial charge in [0.2, 0.25) is 29.5 Å². The Bertz CT molecular complexity index is 2030. The number of carboxylic acid groups (broad SMARTS) is 1. The molecule has 0 aliphatic carbocycles. The molecule has 0 aliphatic heterocycles. The van der Waals surface area contributed by atoms with E-state index < -0.39 is 102 Å². The van der Waals surface area contributed by atoms with Crippen LogP contribution in [0, 0.1) is 5.92 Å². The van der Waals surface area contributed by atoms with Crippen LogP contribution in [0.4, 0.5) is 9.59 Å². The number of hydrogen-bond acceptors (Lipinski definition) is 12. The molecule has 6 atom stereocenters. The van der Waals surface area contributed by atoms with Gasteiger partial charge in [0, 0.05) is 12.8 Å². The first kappa shape index (κ1) is 56.2. The summed E-state index contributed by atoms with van der Waals surface area (Å²) in [5.41, 5.74) is 10.4. The second-order valence-electron chi connectivity index (χ2n) is 18.4. The summed E-state index contributed by atoms with van der Waals surface area (Å²) in [6.07, 6.45) is -1.52. The number of nitrogens with one attached hydrogen (secondary N) is 6. The third kappa shape index (κ3) is 23.2. The Morgan fingerprint density at radius 3 is 1.69 bits per heavy atom. The average molecular weight is 940 g/mol. The molecule has 2 aromatic carbocycles. The number of carbonyl (C=O) groups excluding carboxylic acids is 7. The Kier molecular flexibility index (Phi) is 22.0. The monoisotopic (exact) mass is 940 g/mol. The number of carboxylic acids is 1. The van der Waals surface area contributed by atoms with Crippen LogP contribution in [0.2, 0.25) is 0 Å². The third-order valence-corrected chi connectivity index (χ3v) is 9.27. The number of nitrogens with zero attached hydrogens (tertiary/aromatic N) is 1. The highest BCUT2D eigenvalue weighted by Gasteiger charge is 2.32. The van der Waals surface area contributed by atoms with Crippen LogP contribution in [0.3, 0.4) is 0 Å². The SMILES string of the molecule is CC(C)CC(NC(=O)C(Cc1ccccc1)NC(=O)CNC(=O)C(C)NC(=O)C(Cc1ccc(OC(=O)OC(C)(C)C)cc1)NC(=O)OC(C)(C)C)C(=O)NC(CCC(C)N=C(N)N)C(=O)O. The van der Waals surface area contributed by atoms with E-state index >= 15 is 0 Å². The minimum absolute atomic E-state index is 0.00386. The fourth-order valence-electron chi connectivity index (χ4n) is 6.19. The van der Waals surface area contributed by atoms with E-state index in [4.69, 9.17) is 25.7 Å². The lowest BCUT2D eigenvalue weighted by Crippen LogP contribution is -2.57. The van der Waals surface area contributed by atoms with E-state index in [0.717, 1.165) is 0 Å². The zero-order valence-electron chi connectivity index (χ0n) is 40.0. The zero-order chi connectivity index (χ0) is 50.6. The summed E-state index contributed by atoms with van der Waals surface area (Å²) in [4.78, 5) is 109. The summed E-state index contributed by atoms with van der Waals surface area (Å²) in [6, 6.07) is 8.19. The maximum absolute atomic E-state index is 13.9. The normalized spacial score (nSPS) is 14.0. The van der Waals surface area contributed by atoms with Gasteiger partial charge in [0.05, 0.1) is 12.6 Å². The number of ether oxygens (including phenoxy) is 3. The van der Waals surface area contributed by atoms with Crippen LogP contribution >= 0.6 is 0 Å². The van der Waals surface area contributed by atoms with Crippen molar-refractivity contribution in [3.63, 3.8) is 0 Å². The number of guanidine groups is 1. The smallest absolute Gasteiger partial charge is 0.480 e. The number of aliphatic carboxylic acids is 1. The van der Waals surface area contributed by atoms with Crippen molar-refractivity contribution in [2.75, 3.05) is 6.54 Å². The molecule has 11 N–H and O–H groups in total. The van der Waals surface area contributed by atoms with E-state index in [1.807, 2.05) is 13.8 Å². The van der Waals surface area contributed by atoms with Crippen molar-refractivity contribution in [1.29, 1.82) is 0 Å². The van der Waals surface area contributed by atoms with Gasteiger partial charge < -0.3 is 62.7 Å². The fourth-order valence-corrected chi connectivity index (χ4v) is 6.19. The van der Waals surface area contributed by atoms with Crippen LogP contribution in [0.5, 0.6) is 5.75 Å². The fraction of sp³-hybridized carbons (Fsp3) is 0.543. The van der Waals surface area contributed by atoms with E-state index in [0.29, 0.717) is 11.1 Å².